The highest BCUT2D eigenvalue weighted by Crippen LogP contribution is 2.21. The Kier molecular flexibility index (Phi) is 4.19. The maximum atomic E-state index is 8.75. The van der Waals surface area contributed by atoms with Crippen LogP contribution >= 0.6 is 0 Å². The molecule has 1 aromatic carbocycles. The van der Waals surface area contributed by atoms with Crippen LogP contribution in [0, 0.1) is 18.3 Å². The lowest BCUT2D eigenvalue weighted by Crippen LogP contribution is -2.42. The molecule has 1 N–H and O–H groups in total. The smallest absolute Gasteiger partial charge is 0.158 e. The van der Waals surface area contributed by atoms with E-state index in [4.69, 9.17) is 5.26 Å². The second-order valence-corrected chi connectivity index (χ2v) is 5.66. The van der Waals surface area contributed by atoms with Gasteiger partial charge in [-0.05, 0) is 31.9 Å². The molecule has 0 saturated carbocycles. The summed E-state index contributed by atoms with van der Waals surface area (Å²) in [5.41, 5.74) is 2.89. The van der Waals surface area contributed by atoms with E-state index in [0.717, 1.165) is 31.7 Å². The molecular weight excluding hydrogens is 274 g/mol. The first kappa shape index (κ1) is 14.3. The molecule has 1 saturated heterocycles. The van der Waals surface area contributed by atoms with Crippen molar-refractivity contribution in [2.75, 3.05) is 23.3 Å². The molecule has 5 heteroatoms. The molecule has 0 spiro atoms. The first-order chi connectivity index (χ1) is 10.7. The van der Waals surface area contributed by atoms with Crippen LogP contribution in [0.25, 0.3) is 0 Å². The molecule has 2 aromatic rings. The number of aromatic nitrogens is 2. The van der Waals surface area contributed by atoms with Gasteiger partial charge in [0.05, 0.1) is 12.4 Å². The van der Waals surface area contributed by atoms with Gasteiger partial charge in [-0.15, -0.1) is 0 Å². The molecular formula is C17H19N5. The number of hydrogen-bond acceptors (Lipinski definition) is 5. The Morgan fingerprint density at radius 1 is 1.23 bits per heavy atom. The molecule has 0 aliphatic carbocycles. The highest BCUT2D eigenvalue weighted by Gasteiger charge is 2.20. The van der Waals surface area contributed by atoms with Gasteiger partial charge in [0.25, 0.3) is 0 Å². The molecule has 22 heavy (non-hydrogen) atoms. The van der Waals surface area contributed by atoms with Gasteiger partial charge in [-0.2, -0.15) is 5.26 Å². The van der Waals surface area contributed by atoms with E-state index in [-0.39, 0.29) is 0 Å². The van der Waals surface area contributed by atoms with E-state index in [9.17, 15) is 0 Å². The van der Waals surface area contributed by atoms with Gasteiger partial charge in [0.15, 0.2) is 5.69 Å². The van der Waals surface area contributed by atoms with E-state index in [1.54, 1.807) is 6.20 Å². The fourth-order valence-electron chi connectivity index (χ4n) is 2.75. The molecule has 2 heterocycles. The van der Waals surface area contributed by atoms with Gasteiger partial charge in [0.2, 0.25) is 0 Å². The molecule has 3 rings (SSSR count). The van der Waals surface area contributed by atoms with Gasteiger partial charge in [0.1, 0.15) is 11.9 Å². The third kappa shape index (κ3) is 3.34. The van der Waals surface area contributed by atoms with Crippen molar-refractivity contribution in [2.24, 2.45) is 0 Å². The fraction of sp³-hybridized carbons (Fsp3) is 0.353. The number of rotatable bonds is 3. The Morgan fingerprint density at radius 3 is 2.73 bits per heavy atom. The molecule has 1 aromatic heterocycles. The van der Waals surface area contributed by atoms with Crippen LogP contribution in [0.5, 0.6) is 0 Å². The lowest BCUT2D eigenvalue weighted by Gasteiger charge is -2.35. The van der Waals surface area contributed by atoms with E-state index >= 15 is 0 Å². The molecule has 1 fully saturated rings. The lowest BCUT2D eigenvalue weighted by molar-refractivity contribution is 0.529. The molecule has 1 atom stereocenters. The molecule has 0 amide bonds. The van der Waals surface area contributed by atoms with Crippen LogP contribution in [-0.2, 0) is 0 Å². The van der Waals surface area contributed by atoms with E-state index in [1.807, 2.05) is 6.07 Å². The van der Waals surface area contributed by atoms with E-state index in [0.29, 0.717) is 11.7 Å². The predicted molar refractivity (Wildman–Crippen MR) is 86.8 cm³/mol. The summed E-state index contributed by atoms with van der Waals surface area (Å²) >= 11 is 0. The number of nitriles is 1. The maximum Gasteiger partial charge on any atom is 0.158 e. The Morgan fingerprint density at radius 2 is 2.05 bits per heavy atom. The minimum Gasteiger partial charge on any atom is -0.369 e. The van der Waals surface area contributed by atoms with Gasteiger partial charge in [-0.1, -0.05) is 17.7 Å². The predicted octanol–water partition coefficient (Wildman–Crippen LogP) is 2.74. The van der Waals surface area contributed by atoms with E-state index in [2.05, 4.69) is 51.4 Å². The quantitative estimate of drug-likeness (QED) is 0.942. The van der Waals surface area contributed by atoms with Crippen molar-refractivity contribution in [1.29, 1.82) is 5.26 Å². The summed E-state index contributed by atoms with van der Waals surface area (Å²) in [5.74, 6) is 0.731. The summed E-state index contributed by atoms with van der Waals surface area (Å²) in [7, 11) is 0. The Bertz CT molecular complexity index is 657. The molecule has 0 bridgehead atoms. The van der Waals surface area contributed by atoms with Gasteiger partial charge in [0, 0.05) is 24.8 Å². The first-order valence-electron chi connectivity index (χ1n) is 7.55. The third-order valence-corrected chi connectivity index (χ3v) is 3.94. The molecule has 1 aliphatic rings. The van der Waals surface area contributed by atoms with Crippen LogP contribution in [0.1, 0.15) is 24.1 Å². The van der Waals surface area contributed by atoms with Crippen LogP contribution in [-0.4, -0.2) is 29.1 Å². The lowest BCUT2D eigenvalue weighted by atomic mass is 10.0. The van der Waals surface area contributed by atoms with E-state index in [1.165, 1.54) is 17.4 Å². The number of nitrogens with one attached hydrogen (secondary N) is 1. The molecule has 1 aliphatic heterocycles. The summed E-state index contributed by atoms with van der Waals surface area (Å²) in [6.45, 7) is 4.14. The summed E-state index contributed by atoms with van der Waals surface area (Å²) in [6.07, 6.45) is 5.39. The summed E-state index contributed by atoms with van der Waals surface area (Å²) in [6, 6.07) is 11.0. The number of nitrogens with zero attached hydrogens (tertiary/aromatic N) is 4. The number of piperidine rings is 1. The van der Waals surface area contributed by atoms with Crippen LogP contribution < -0.4 is 10.2 Å². The van der Waals surface area contributed by atoms with Crippen molar-refractivity contribution < 1.29 is 0 Å². The van der Waals surface area contributed by atoms with Crippen molar-refractivity contribution in [3.8, 4) is 6.07 Å². The van der Waals surface area contributed by atoms with E-state index < -0.39 is 0 Å². The van der Waals surface area contributed by atoms with Crippen molar-refractivity contribution in [2.45, 2.75) is 25.8 Å². The number of hydrogen-bond donors (Lipinski definition) is 1. The SMILES string of the molecule is Cc1ccc(N2CCCC(Nc3cnc(C#N)cn3)C2)cc1. The van der Waals surface area contributed by atoms with Gasteiger partial charge in [-0.3, -0.25) is 0 Å². The zero-order valence-electron chi connectivity index (χ0n) is 12.7. The zero-order valence-corrected chi connectivity index (χ0v) is 12.7. The zero-order chi connectivity index (χ0) is 15.4. The number of aryl methyl sites for hydroxylation is 1. The summed E-state index contributed by atoms with van der Waals surface area (Å²) in [5, 5.41) is 12.2. The third-order valence-electron chi connectivity index (χ3n) is 3.94. The van der Waals surface area contributed by atoms with Gasteiger partial charge >= 0.3 is 0 Å². The highest BCUT2D eigenvalue weighted by molar-refractivity contribution is 5.48. The Hall–Kier alpha value is -2.61. The molecule has 1 unspecified atom stereocenters. The van der Waals surface area contributed by atoms with Crippen molar-refractivity contribution >= 4 is 11.5 Å². The van der Waals surface area contributed by atoms with Gasteiger partial charge < -0.3 is 10.2 Å². The van der Waals surface area contributed by atoms with Crippen molar-refractivity contribution in [3.05, 3.63) is 47.9 Å². The average molecular weight is 293 g/mol. The molecule has 5 nitrogen and oxygen atoms in total. The minimum atomic E-state index is 0.343. The molecule has 0 radical (unpaired) electrons. The second kappa shape index (κ2) is 6.44. The fourth-order valence-corrected chi connectivity index (χ4v) is 2.75. The Labute approximate surface area is 130 Å². The monoisotopic (exact) mass is 293 g/mol. The van der Waals surface area contributed by atoms with Crippen LogP contribution in [0.3, 0.4) is 0 Å². The summed E-state index contributed by atoms with van der Waals surface area (Å²) < 4.78 is 0. The van der Waals surface area contributed by atoms with Crippen molar-refractivity contribution in [1.82, 2.24) is 9.97 Å². The first-order valence-corrected chi connectivity index (χ1v) is 7.55. The standard InChI is InChI=1S/C17H19N5/c1-13-4-6-16(7-5-13)22-8-2-3-14(12-22)21-17-11-19-15(9-18)10-20-17/h4-7,10-11,14H,2-3,8,12H2,1H3,(H,20,21). The van der Waals surface area contributed by atoms with Gasteiger partial charge in [-0.25, -0.2) is 9.97 Å². The van der Waals surface area contributed by atoms with Crippen LogP contribution in [0.15, 0.2) is 36.7 Å². The molecule has 112 valence electrons. The highest BCUT2D eigenvalue weighted by atomic mass is 15.2. The topological polar surface area (TPSA) is 64.8 Å². The van der Waals surface area contributed by atoms with Crippen molar-refractivity contribution in [3.63, 3.8) is 0 Å². The maximum absolute atomic E-state index is 8.75. The summed E-state index contributed by atoms with van der Waals surface area (Å²) in [4.78, 5) is 10.7. The number of anilines is 2. The normalized spacial score (nSPS) is 17.8. The average Bonchev–Trinajstić information content (AvgIpc) is 2.56. The second-order valence-electron chi connectivity index (χ2n) is 5.66. The van der Waals surface area contributed by atoms with Crippen LogP contribution in [0.2, 0.25) is 0 Å². The Balaban J connectivity index is 1.65. The number of benzene rings is 1. The minimum absolute atomic E-state index is 0.343. The largest absolute Gasteiger partial charge is 0.369 e. The van der Waals surface area contributed by atoms with Crippen LogP contribution in [0.4, 0.5) is 11.5 Å².